The summed E-state index contributed by atoms with van der Waals surface area (Å²) in [7, 11) is -4.01. The second kappa shape index (κ2) is 10.2. The van der Waals surface area contributed by atoms with Crippen molar-refractivity contribution in [2.75, 3.05) is 26.2 Å². The largest absolute Gasteiger partial charge is 0.352 e. The molecule has 172 valence electrons. The summed E-state index contributed by atoms with van der Waals surface area (Å²) in [6.07, 6.45) is -1.21. The van der Waals surface area contributed by atoms with E-state index in [4.69, 9.17) is 5.73 Å². The van der Waals surface area contributed by atoms with Gasteiger partial charge in [0.05, 0.1) is 5.75 Å². The van der Waals surface area contributed by atoms with Gasteiger partial charge in [-0.25, -0.2) is 17.2 Å². The van der Waals surface area contributed by atoms with Crippen molar-refractivity contribution in [3.8, 4) is 0 Å². The predicted octanol–water partition coefficient (Wildman–Crippen LogP) is 1.04. The lowest BCUT2D eigenvalue weighted by atomic mass is 10.1. The third kappa shape index (κ3) is 5.29. The maximum Gasteiger partial charge on any atom is 0.259 e. The van der Waals surface area contributed by atoms with Crippen LogP contribution in [-0.4, -0.2) is 61.8 Å². The summed E-state index contributed by atoms with van der Waals surface area (Å²) in [5.74, 6) is -4.20. The van der Waals surface area contributed by atoms with E-state index in [0.29, 0.717) is 5.56 Å². The maximum atomic E-state index is 13.7. The number of rotatable bonds is 7. The first-order valence-corrected chi connectivity index (χ1v) is 11.6. The molecule has 0 bridgehead atoms. The molecule has 1 unspecified atom stereocenters. The van der Waals surface area contributed by atoms with Crippen LogP contribution in [0.4, 0.5) is 8.78 Å². The van der Waals surface area contributed by atoms with E-state index < -0.39 is 39.6 Å². The maximum absolute atomic E-state index is 13.7. The number of hydrogen-bond acceptors (Lipinski definition) is 5. The van der Waals surface area contributed by atoms with Gasteiger partial charge in [0.1, 0.15) is 0 Å². The number of nitrogens with zero attached hydrogens (tertiary/aromatic N) is 2. The van der Waals surface area contributed by atoms with Gasteiger partial charge in [-0.1, -0.05) is 30.3 Å². The van der Waals surface area contributed by atoms with Crippen LogP contribution >= 0.6 is 0 Å². The van der Waals surface area contributed by atoms with Crippen molar-refractivity contribution in [2.45, 2.75) is 18.3 Å². The van der Waals surface area contributed by atoms with Crippen LogP contribution in [0.25, 0.3) is 0 Å². The molecule has 1 atom stereocenters. The molecule has 2 aromatic carbocycles. The van der Waals surface area contributed by atoms with E-state index in [1.54, 1.807) is 30.3 Å². The Kier molecular flexibility index (Phi) is 7.54. The number of halogens is 2. The highest BCUT2D eigenvalue weighted by Crippen LogP contribution is 2.24. The highest BCUT2D eigenvalue weighted by atomic mass is 32.2. The predicted molar refractivity (Wildman–Crippen MR) is 114 cm³/mol. The quantitative estimate of drug-likeness (QED) is 0.633. The summed E-state index contributed by atoms with van der Waals surface area (Å²) >= 11 is 0. The van der Waals surface area contributed by atoms with Crippen LogP contribution in [0.2, 0.25) is 0 Å². The van der Waals surface area contributed by atoms with Gasteiger partial charge in [-0.3, -0.25) is 9.59 Å². The van der Waals surface area contributed by atoms with Crippen molar-refractivity contribution in [1.82, 2.24) is 14.5 Å². The molecule has 8 nitrogen and oxygen atoms in total. The van der Waals surface area contributed by atoms with Crippen LogP contribution in [0.5, 0.6) is 0 Å². The zero-order valence-corrected chi connectivity index (χ0v) is 18.0. The summed E-state index contributed by atoms with van der Waals surface area (Å²) < 4.78 is 54.4. The van der Waals surface area contributed by atoms with E-state index in [-0.39, 0.29) is 43.9 Å². The van der Waals surface area contributed by atoms with Gasteiger partial charge >= 0.3 is 0 Å². The van der Waals surface area contributed by atoms with Gasteiger partial charge in [0, 0.05) is 31.7 Å². The monoisotopic (exact) mass is 466 g/mol. The SMILES string of the molecule is NCCNC(=O)C1N(C(=O)c2ccc(F)c(F)c2)CCCN1S(=O)(=O)Cc1ccccc1. The fourth-order valence-electron chi connectivity index (χ4n) is 3.52. The number of nitrogens with one attached hydrogen (secondary N) is 1. The van der Waals surface area contributed by atoms with Crippen molar-refractivity contribution >= 4 is 21.8 Å². The molecule has 0 aliphatic carbocycles. The first kappa shape index (κ1) is 23.8. The van der Waals surface area contributed by atoms with Gasteiger partial charge < -0.3 is 16.0 Å². The van der Waals surface area contributed by atoms with Gasteiger partial charge in [-0.15, -0.1) is 0 Å². The molecule has 0 spiro atoms. The van der Waals surface area contributed by atoms with Crippen LogP contribution < -0.4 is 11.1 Å². The molecule has 1 aliphatic rings. The lowest BCUT2D eigenvalue weighted by molar-refractivity contribution is -0.130. The standard InChI is InChI=1S/C21H24F2N4O4S/c22-17-8-7-16(13-18(17)23)21(29)26-11-4-12-27(20(26)19(28)25-10-9-24)32(30,31)14-15-5-2-1-3-6-15/h1-3,5-8,13,20H,4,9-12,14,24H2,(H,25,28). The molecule has 1 heterocycles. The molecule has 2 aromatic rings. The van der Waals surface area contributed by atoms with E-state index in [1.165, 1.54) is 0 Å². The third-order valence-corrected chi connectivity index (χ3v) is 6.80. The summed E-state index contributed by atoms with van der Waals surface area (Å²) in [5, 5.41) is 2.53. The topological polar surface area (TPSA) is 113 Å². The van der Waals surface area contributed by atoms with Crippen LogP contribution in [-0.2, 0) is 20.6 Å². The molecular formula is C21H24F2N4O4S. The van der Waals surface area contributed by atoms with Gasteiger partial charge in [0.15, 0.2) is 17.8 Å². The highest BCUT2D eigenvalue weighted by Gasteiger charge is 2.43. The normalized spacial score (nSPS) is 17.2. The Balaban J connectivity index is 1.96. The number of benzene rings is 2. The Morgan fingerprint density at radius 2 is 1.78 bits per heavy atom. The molecule has 2 amide bonds. The first-order chi connectivity index (χ1) is 15.2. The number of nitrogens with two attached hydrogens (primary N) is 1. The second-order valence-corrected chi connectivity index (χ2v) is 9.21. The molecule has 3 N–H and O–H groups in total. The smallest absolute Gasteiger partial charge is 0.259 e. The minimum Gasteiger partial charge on any atom is -0.352 e. The Labute approximate surface area is 185 Å². The number of amides is 2. The second-order valence-electron chi connectivity index (χ2n) is 7.29. The zero-order chi connectivity index (χ0) is 23.3. The molecular weight excluding hydrogens is 442 g/mol. The summed E-state index contributed by atoms with van der Waals surface area (Å²) in [4.78, 5) is 27.1. The minimum atomic E-state index is -4.01. The van der Waals surface area contributed by atoms with Gasteiger partial charge in [-0.2, -0.15) is 4.31 Å². The van der Waals surface area contributed by atoms with Crippen LogP contribution in [0.15, 0.2) is 48.5 Å². The summed E-state index contributed by atoms with van der Waals surface area (Å²) in [6.45, 7) is 0.287. The average molecular weight is 467 g/mol. The Morgan fingerprint density at radius 1 is 1.06 bits per heavy atom. The van der Waals surface area contributed by atoms with Crippen molar-refractivity contribution in [1.29, 1.82) is 0 Å². The number of carbonyl (C=O) groups is 2. The van der Waals surface area contributed by atoms with Crippen LogP contribution in [0, 0.1) is 11.6 Å². The number of sulfonamides is 1. The van der Waals surface area contributed by atoms with Gasteiger partial charge in [-0.05, 0) is 30.2 Å². The molecule has 0 aromatic heterocycles. The van der Waals surface area contributed by atoms with Crippen molar-refractivity contribution in [2.24, 2.45) is 5.73 Å². The molecule has 1 aliphatic heterocycles. The molecule has 3 rings (SSSR count). The molecule has 1 saturated heterocycles. The summed E-state index contributed by atoms with van der Waals surface area (Å²) in [5.41, 5.74) is 5.77. The van der Waals surface area contributed by atoms with Crippen LogP contribution in [0.3, 0.4) is 0 Å². The Bertz CT molecular complexity index is 1080. The average Bonchev–Trinajstić information content (AvgIpc) is 2.78. The number of hydrogen-bond donors (Lipinski definition) is 2. The molecule has 11 heteroatoms. The fourth-order valence-corrected chi connectivity index (χ4v) is 5.22. The number of carbonyl (C=O) groups excluding carboxylic acids is 2. The lowest BCUT2D eigenvalue weighted by Crippen LogP contribution is -2.63. The summed E-state index contributed by atoms with van der Waals surface area (Å²) in [6, 6.07) is 11.1. The molecule has 0 saturated carbocycles. The molecule has 0 radical (unpaired) electrons. The fraction of sp³-hybridized carbons (Fsp3) is 0.333. The van der Waals surface area contributed by atoms with Crippen molar-refractivity contribution in [3.63, 3.8) is 0 Å². The Morgan fingerprint density at radius 3 is 2.44 bits per heavy atom. The highest BCUT2D eigenvalue weighted by molar-refractivity contribution is 7.88. The van der Waals surface area contributed by atoms with Crippen LogP contribution in [0.1, 0.15) is 22.3 Å². The third-order valence-electron chi connectivity index (χ3n) is 5.00. The lowest BCUT2D eigenvalue weighted by Gasteiger charge is -2.41. The van der Waals surface area contributed by atoms with Gasteiger partial charge in [0.25, 0.3) is 11.8 Å². The van der Waals surface area contributed by atoms with Crippen molar-refractivity contribution < 1.29 is 26.8 Å². The molecule has 1 fully saturated rings. The van der Waals surface area contributed by atoms with E-state index >= 15 is 0 Å². The van der Waals surface area contributed by atoms with E-state index in [0.717, 1.165) is 27.4 Å². The van der Waals surface area contributed by atoms with E-state index in [1.807, 2.05) is 0 Å². The van der Waals surface area contributed by atoms with E-state index in [9.17, 15) is 26.8 Å². The van der Waals surface area contributed by atoms with Gasteiger partial charge in [0.2, 0.25) is 10.0 Å². The zero-order valence-electron chi connectivity index (χ0n) is 17.2. The van der Waals surface area contributed by atoms with Crippen molar-refractivity contribution in [3.05, 3.63) is 71.3 Å². The first-order valence-electron chi connectivity index (χ1n) is 10.0. The molecule has 32 heavy (non-hydrogen) atoms. The van der Waals surface area contributed by atoms with E-state index in [2.05, 4.69) is 5.32 Å². The minimum absolute atomic E-state index is 0.0252. The Hall–Kier alpha value is -2.89.